The minimum atomic E-state index is -3.98. The summed E-state index contributed by atoms with van der Waals surface area (Å²) in [5, 5.41) is 0. The van der Waals surface area contributed by atoms with Gasteiger partial charge in [-0.2, -0.15) is 4.31 Å². The molecule has 120 valence electrons. The Morgan fingerprint density at radius 3 is 2.57 bits per heavy atom. The number of hydrogen-bond acceptors (Lipinski definition) is 4. The molecular weight excluding hydrogens is 363 g/mol. The van der Waals surface area contributed by atoms with Crippen molar-refractivity contribution in [1.82, 2.24) is 4.31 Å². The van der Waals surface area contributed by atoms with Gasteiger partial charge in [-0.3, -0.25) is 0 Å². The summed E-state index contributed by atoms with van der Waals surface area (Å²) < 4.78 is 45.6. The van der Waals surface area contributed by atoms with Crippen LogP contribution in [0.3, 0.4) is 0 Å². The number of nitrogens with zero attached hydrogens (tertiary/aromatic N) is 1. The maximum atomic E-state index is 14.2. The summed E-state index contributed by atoms with van der Waals surface area (Å²) in [5.41, 5.74) is 5.80. The first-order valence-corrected chi connectivity index (χ1v) is 8.67. The van der Waals surface area contributed by atoms with E-state index in [1.54, 1.807) is 0 Å². The number of rotatable bonds is 7. The molecule has 1 aromatic carbocycles. The van der Waals surface area contributed by atoms with Crippen molar-refractivity contribution in [2.45, 2.75) is 18.7 Å². The largest absolute Gasteiger partial charge is 0.399 e. The zero-order valence-electron chi connectivity index (χ0n) is 12.3. The van der Waals surface area contributed by atoms with Crippen LogP contribution in [0.25, 0.3) is 0 Å². The average molecular weight is 383 g/mol. The number of sulfonamides is 1. The summed E-state index contributed by atoms with van der Waals surface area (Å²) in [4.78, 5) is -0.425. The van der Waals surface area contributed by atoms with Crippen molar-refractivity contribution in [3.8, 4) is 0 Å². The second-order valence-electron chi connectivity index (χ2n) is 5.06. The molecule has 0 bridgehead atoms. The number of nitrogens with two attached hydrogens (primary N) is 1. The predicted octanol–water partition coefficient (Wildman–Crippen LogP) is 2.46. The van der Waals surface area contributed by atoms with E-state index in [0.29, 0.717) is 0 Å². The fraction of sp³-hybridized carbons (Fsp3) is 0.538. The molecule has 0 saturated heterocycles. The molecule has 2 N–H and O–H groups in total. The number of ether oxygens (including phenoxy) is 1. The minimum absolute atomic E-state index is 0.0253. The van der Waals surface area contributed by atoms with Gasteiger partial charge in [-0.25, -0.2) is 12.8 Å². The van der Waals surface area contributed by atoms with Gasteiger partial charge in [0.15, 0.2) is 5.82 Å². The highest BCUT2D eigenvalue weighted by Crippen LogP contribution is 2.28. The molecule has 5 nitrogen and oxygen atoms in total. The number of benzene rings is 1. The molecule has 0 unspecified atom stereocenters. The van der Waals surface area contributed by atoms with Crippen LogP contribution in [0.15, 0.2) is 21.5 Å². The van der Waals surface area contributed by atoms with Crippen molar-refractivity contribution in [1.29, 1.82) is 0 Å². The molecule has 0 aromatic heterocycles. The molecule has 0 radical (unpaired) electrons. The maximum Gasteiger partial charge on any atom is 0.246 e. The normalized spacial score (nSPS) is 12.3. The van der Waals surface area contributed by atoms with Gasteiger partial charge in [0.1, 0.15) is 4.90 Å². The third-order valence-corrected chi connectivity index (χ3v) is 5.19. The summed E-state index contributed by atoms with van der Waals surface area (Å²) in [6, 6.07) is 2.46. The van der Waals surface area contributed by atoms with Crippen LogP contribution < -0.4 is 5.73 Å². The fourth-order valence-electron chi connectivity index (χ4n) is 1.82. The van der Waals surface area contributed by atoms with Crippen molar-refractivity contribution in [2.75, 3.05) is 32.5 Å². The maximum absolute atomic E-state index is 14.2. The first-order chi connectivity index (χ1) is 9.70. The molecule has 0 amide bonds. The Labute approximate surface area is 133 Å². The van der Waals surface area contributed by atoms with Gasteiger partial charge in [-0.05, 0) is 34.0 Å². The van der Waals surface area contributed by atoms with Crippen molar-refractivity contribution >= 4 is 31.6 Å². The SMILES string of the molecule is COCCN(CC(C)C)S(=O)(=O)c1cc(N)cc(Br)c1F. The summed E-state index contributed by atoms with van der Waals surface area (Å²) >= 11 is 2.98. The first kappa shape index (κ1) is 18.3. The fourth-order valence-corrected chi connectivity index (χ4v) is 4.14. The molecule has 8 heteroatoms. The van der Waals surface area contributed by atoms with Crippen molar-refractivity contribution < 1.29 is 17.5 Å². The zero-order chi connectivity index (χ0) is 16.2. The molecule has 0 aliphatic heterocycles. The number of methoxy groups -OCH3 is 1. The molecule has 0 aliphatic rings. The van der Waals surface area contributed by atoms with Crippen molar-refractivity contribution in [3.63, 3.8) is 0 Å². The van der Waals surface area contributed by atoms with E-state index in [0.717, 1.165) is 6.07 Å². The van der Waals surface area contributed by atoms with Gasteiger partial charge in [-0.1, -0.05) is 13.8 Å². The van der Waals surface area contributed by atoms with Crippen LogP contribution >= 0.6 is 15.9 Å². The molecule has 21 heavy (non-hydrogen) atoms. The molecule has 0 spiro atoms. The first-order valence-electron chi connectivity index (χ1n) is 6.43. The lowest BCUT2D eigenvalue weighted by Gasteiger charge is -2.24. The van der Waals surface area contributed by atoms with Crippen LogP contribution in [0.5, 0.6) is 0 Å². The second kappa shape index (κ2) is 7.53. The molecular formula is C13H20BrFN2O3S. The van der Waals surface area contributed by atoms with Crippen LogP contribution in [-0.4, -0.2) is 39.5 Å². The standard InChI is InChI=1S/C13H20BrFN2O3S/c1-9(2)8-17(4-5-20-3)21(18,19)12-7-10(16)6-11(14)13(12)15/h6-7,9H,4-5,8,16H2,1-3H3. The van der Waals surface area contributed by atoms with Crippen LogP contribution in [-0.2, 0) is 14.8 Å². The molecule has 0 heterocycles. The number of anilines is 1. The number of hydrogen-bond donors (Lipinski definition) is 1. The van der Waals surface area contributed by atoms with Crippen LogP contribution in [0.2, 0.25) is 0 Å². The molecule has 1 rings (SSSR count). The molecule has 1 aromatic rings. The van der Waals surface area contributed by atoms with Gasteiger partial charge in [-0.15, -0.1) is 0 Å². The highest BCUT2D eigenvalue weighted by Gasteiger charge is 2.29. The summed E-state index contributed by atoms with van der Waals surface area (Å²) in [7, 11) is -2.49. The predicted molar refractivity (Wildman–Crippen MR) is 84.0 cm³/mol. The van der Waals surface area contributed by atoms with E-state index in [4.69, 9.17) is 10.5 Å². The van der Waals surface area contributed by atoms with Gasteiger partial charge in [0, 0.05) is 25.9 Å². The number of nitrogen functional groups attached to an aromatic ring is 1. The lowest BCUT2D eigenvalue weighted by atomic mass is 10.2. The van der Waals surface area contributed by atoms with E-state index in [-0.39, 0.29) is 35.8 Å². The summed E-state index contributed by atoms with van der Waals surface area (Å²) in [6.07, 6.45) is 0. The van der Waals surface area contributed by atoms with Crippen LogP contribution in [0, 0.1) is 11.7 Å². The Bertz CT molecular complexity index is 593. The highest BCUT2D eigenvalue weighted by atomic mass is 79.9. The summed E-state index contributed by atoms with van der Waals surface area (Å²) in [6.45, 7) is 4.44. The summed E-state index contributed by atoms with van der Waals surface area (Å²) in [5.74, 6) is -0.737. The Kier molecular flexibility index (Phi) is 6.58. The van der Waals surface area contributed by atoms with Crippen molar-refractivity contribution in [2.24, 2.45) is 5.92 Å². The van der Waals surface area contributed by atoms with Gasteiger partial charge in [0.25, 0.3) is 0 Å². The topological polar surface area (TPSA) is 72.6 Å². The smallest absolute Gasteiger partial charge is 0.246 e. The third-order valence-electron chi connectivity index (χ3n) is 2.75. The minimum Gasteiger partial charge on any atom is -0.399 e. The van der Waals surface area contributed by atoms with E-state index >= 15 is 0 Å². The Morgan fingerprint density at radius 1 is 1.43 bits per heavy atom. The molecule has 0 saturated carbocycles. The lowest BCUT2D eigenvalue weighted by molar-refractivity contribution is 0.175. The average Bonchev–Trinajstić information content (AvgIpc) is 2.38. The zero-order valence-corrected chi connectivity index (χ0v) is 14.7. The molecule has 0 atom stereocenters. The van der Waals surface area contributed by atoms with Crippen molar-refractivity contribution in [3.05, 3.63) is 22.4 Å². The quantitative estimate of drug-likeness (QED) is 0.735. The molecule has 0 aliphatic carbocycles. The van der Waals surface area contributed by atoms with E-state index in [9.17, 15) is 12.8 Å². The van der Waals surface area contributed by atoms with E-state index < -0.39 is 20.7 Å². The monoisotopic (exact) mass is 382 g/mol. The lowest BCUT2D eigenvalue weighted by Crippen LogP contribution is -2.37. The molecule has 0 fully saturated rings. The van der Waals surface area contributed by atoms with Gasteiger partial charge in [0.05, 0.1) is 11.1 Å². The third kappa shape index (κ3) is 4.64. The van der Waals surface area contributed by atoms with E-state index in [1.165, 1.54) is 17.5 Å². The Morgan fingerprint density at radius 2 is 2.05 bits per heavy atom. The van der Waals surface area contributed by atoms with Crippen LogP contribution in [0.1, 0.15) is 13.8 Å². The van der Waals surface area contributed by atoms with E-state index in [1.807, 2.05) is 13.8 Å². The highest BCUT2D eigenvalue weighted by molar-refractivity contribution is 9.10. The van der Waals surface area contributed by atoms with Gasteiger partial charge >= 0.3 is 0 Å². The van der Waals surface area contributed by atoms with Gasteiger partial charge < -0.3 is 10.5 Å². The van der Waals surface area contributed by atoms with E-state index in [2.05, 4.69) is 15.9 Å². The second-order valence-corrected chi connectivity index (χ2v) is 7.83. The number of halogens is 2. The van der Waals surface area contributed by atoms with Crippen LogP contribution in [0.4, 0.5) is 10.1 Å². The van der Waals surface area contributed by atoms with Gasteiger partial charge in [0.2, 0.25) is 10.0 Å². The Balaban J connectivity index is 3.28. The Hall–Kier alpha value is -0.700.